The van der Waals surface area contributed by atoms with Crippen molar-refractivity contribution in [1.82, 2.24) is 0 Å². The molecule has 0 saturated carbocycles. The first-order chi connectivity index (χ1) is 3.25. The van der Waals surface area contributed by atoms with Gasteiger partial charge < -0.3 is 0 Å². The van der Waals surface area contributed by atoms with Gasteiger partial charge in [-0.25, -0.2) is 0 Å². The SMILES string of the molecule is C[C](C)(C)[Zr]([NH2])([Cl])[Cl]. The molecule has 0 rings (SSSR count). The van der Waals surface area contributed by atoms with Gasteiger partial charge in [0.2, 0.25) is 0 Å². The van der Waals surface area contributed by atoms with Gasteiger partial charge in [-0.15, -0.1) is 0 Å². The van der Waals surface area contributed by atoms with Gasteiger partial charge in [-0.3, -0.25) is 0 Å². The molecule has 1 nitrogen and oxygen atoms in total. The molecule has 0 aliphatic heterocycles. The maximum atomic E-state index is 5.76. The van der Waals surface area contributed by atoms with Crippen molar-refractivity contribution in [2.45, 2.75) is 23.9 Å². The van der Waals surface area contributed by atoms with E-state index in [4.69, 9.17) is 20.7 Å². The second-order valence-electron chi connectivity index (χ2n) is 2.87. The first-order valence-electron chi connectivity index (χ1n) is 2.42. The molecule has 0 amide bonds. The van der Waals surface area contributed by atoms with E-state index in [2.05, 4.69) is 0 Å². The van der Waals surface area contributed by atoms with Crippen LogP contribution in [0.2, 0.25) is 3.12 Å². The monoisotopic (exact) mass is 233 g/mol. The Labute approximate surface area is 62.4 Å². The molecule has 0 aliphatic carbocycles. The topological polar surface area (TPSA) is 26.0 Å². The third kappa shape index (κ3) is 2.82. The number of nitrogens with two attached hydrogens (primary N) is 1. The summed E-state index contributed by atoms with van der Waals surface area (Å²) in [5.41, 5.74) is 0. The van der Waals surface area contributed by atoms with E-state index >= 15 is 0 Å². The second kappa shape index (κ2) is 2.58. The van der Waals surface area contributed by atoms with Crippen LogP contribution in [0, 0.1) is 0 Å². The van der Waals surface area contributed by atoms with E-state index in [9.17, 15) is 0 Å². The normalized spacial score (nSPS) is 14.2. The molecule has 0 radical (unpaired) electrons. The van der Waals surface area contributed by atoms with E-state index in [0.717, 1.165) is 0 Å². The molecule has 0 heterocycles. The van der Waals surface area contributed by atoms with Gasteiger partial charge in [-0.2, -0.15) is 0 Å². The van der Waals surface area contributed by atoms with Crippen LogP contribution in [0.1, 0.15) is 20.8 Å². The molecule has 0 unspecified atom stereocenters. The third-order valence-electron chi connectivity index (χ3n) is 1.000. The van der Waals surface area contributed by atoms with Crippen LogP contribution in [-0.4, -0.2) is 0 Å². The molecule has 2 N–H and O–H groups in total. The minimum absolute atomic E-state index is 0.0439. The molecule has 0 aromatic heterocycles. The summed E-state index contributed by atoms with van der Waals surface area (Å²) in [6.07, 6.45) is 0. The molecule has 4 heteroatoms. The molecule has 0 aromatic rings. The van der Waals surface area contributed by atoms with Gasteiger partial charge in [-0.05, 0) is 0 Å². The van der Waals surface area contributed by atoms with Gasteiger partial charge in [0.25, 0.3) is 0 Å². The number of hydrogen-bond acceptors (Lipinski definition) is 1. The Hall–Kier alpha value is 1.42. The first kappa shape index (κ1) is 9.42. The average Bonchev–Trinajstić information content (AvgIpc) is 1.25. The van der Waals surface area contributed by atoms with Crippen LogP contribution in [0.4, 0.5) is 0 Å². The van der Waals surface area contributed by atoms with E-state index in [0.29, 0.717) is 0 Å². The summed E-state index contributed by atoms with van der Waals surface area (Å²) in [4.78, 5) is 0. The van der Waals surface area contributed by atoms with Gasteiger partial charge >= 0.3 is 62.8 Å². The second-order valence-corrected chi connectivity index (χ2v) is 17.8. The van der Waals surface area contributed by atoms with Crippen LogP contribution in [0.25, 0.3) is 0 Å². The van der Waals surface area contributed by atoms with Gasteiger partial charge in [0.1, 0.15) is 0 Å². The van der Waals surface area contributed by atoms with E-state index in [1.54, 1.807) is 0 Å². The fourth-order valence-electron chi connectivity index (χ4n) is 0. The molecule has 0 atom stereocenters. The van der Waals surface area contributed by atoms with Crippen LogP contribution < -0.4 is 3.68 Å². The van der Waals surface area contributed by atoms with Crippen molar-refractivity contribution in [3.05, 3.63) is 0 Å². The Bertz CT molecular complexity index is 69.0. The quantitative estimate of drug-likeness (QED) is 0.686. The molecule has 0 bridgehead atoms. The van der Waals surface area contributed by atoms with Crippen molar-refractivity contribution in [3.63, 3.8) is 0 Å². The predicted octanol–water partition coefficient (Wildman–Crippen LogP) is 2.54. The molecule has 8 heavy (non-hydrogen) atoms. The Kier molecular flexibility index (Phi) is 3.03. The third-order valence-corrected chi connectivity index (χ3v) is 12.6. The van der Waals surface area contributed by atoms with Crippen LogP contribution in [-0.2, 0) is 18.2 Å². The average molecular weight is 235 g/mol. The van der Waals surface area contributed by atoms with E-state index < -0.39 is 18.2 Å². The molecule has 0 fully saturated rings. The zero-order valence-corrected chi connectivity index (χ0v) is 9.30. The van der Waals surface area contributed by atoms with E-state index in [1.807, 2.05) is 20.8 Å². The predicted molar refractivity (Wildman–Crippen MR) is 35.6 cm³/mol. The summed E-state index contributed by atoms with van der Waals surface area (Å²) in [7, 11) is 11.5. The van der Waals surface area contributed by atoms with Crippen molar-refractivity contribution in [1.29, 1.82) is 0 Å². The zero-order chi connectivity index (χ0) is 7.00. The molecule has 50 valence electrons. The first-order valence-corrected chi connectivity index (χ1v) is 11.4. The Balaban J connectivity index is 4.02. The van der Waals surface area contributed by atoms with Crippen molar-refractivity contribution in [3.8, 4) is 0 Å². The summed E-state index contributed by atoms with van der Waals surface area (Å²) in [5, 5.41) is 0. The molecule has 0 aliphatic rings. The molecule has 0 saturated heterocycles. The van der Waals surface area contributed by atoms with Crippen LogP contribution in [0.15, 0.2) is 0 Å². The Morgan fingerprint density at radius 1 is 1.25 bits per heavy atom. The van der Waals surface area contributed by atoms with Gasteiger partial charge in [0.05, 0.1) is 0 Å². The fraction of sp³-hybridized carbons (Fsp3) is 1.00. The van der Waals surface area contributed by atoms with Crippen molar-refractivity contribution >= 4 is 17.0 Å². The molecule has 0 spiro atoms. The number of hydrogen-bond donors (Lipinski definition) is 1. The fourth-order valence-corrected chi connectivity index (χ4v) is 0. The molecular formula is C4H11Cl2NZr. The Morgan fingerprint density at radius 2 is 1.38 bits per heavy atom. The van der Waals surface area contributed by atoms with Gasteiger partial charge in [0.15, 0.2) is 0 Å². The molecular weight excluding hydrogens is 224 g/mol. The van der Waals surface area contributed by atoms with Crippen molar-refractivity contribution < 1.29 is 18.2 Å². The van der Waals surface area contributed by atoms with Crippen LogP contribution in [0.5, 0.6) is 0 Å². The zero-order valence-electron chi connectivity index (χ0n) is 5.33. The summed E-state index contributed by atoms with van der Waals surface area (Å²) >= 11 is -3.08. The molecule has 0 aromatic carbocycles. The Morgan fingerprint density at radius 3 is 1.38 bits per heavy atom. The minimum atomic E-state index is -3.08. The summed E-state index contributed by atoms with van der Waals surface area (Å²) in [6.45, 7) is 5.93. The standard InChI is InChI=1S/C4H9.2ClH.H2N.Zr/c1-4(2)3;;;;/h1-3H3;2*1H;1H2;/q;;;-1;+3/p-2. The van der Waals surface area contributed by atoms with E-state index in [-0.39, 0.29) is 3.12 Å². The maximum absolute atomic E-state index is 5.76. The summed E-state index contributed by atoms with van der Waals surface area (Å²) in [5.74, 6) is 0. The number of halogens is 2. The number of rotatable bonds is 0. The van der Waals surface area contributed by atoms with Crippen molar-refractivity contribution in [2.75, 3.05) is 0 Å². The van der Waals surface area contributed by atoms with E-state index in [1.165, 1.54) is 0 Å². The summed E-state index contributed by atoms with van der Waals surface area (Å²) in [6, 6.07) is 0. The van der Waals surface area contributed by atoms with Gasteiger partial charge in [-0.1, -0.05) is 0 Å². The van der Waals surface area contributed by atoms with Crippen LogP contribution in [0.3, 0.4) is 0 Å². The van der Waals surface area contributed by atoms with Crippen LogP contribution >= 0.6 is 17.0 Å². The summed E-state index contributed by atoms with van der Waals surface area (Å²) < 4.78 is 5.51. The van der Waals surface area contributed by atoms with Crippen molar-refractivity contribution in [2.24, 2.45) is 3.68 Å². The van der Waals surface area contributed by atoms with Gasteiger partial charge in [0, 0.05) is 0 Å².